The van der Waals surface area contributed by atoms with E-state index in [0.29, 0.717) is 11.6 Å². The summed E-state index contributed by atoms with van der Waals surface area (Å²) in [6.07, 6.45) is 3.54. The first-order chi connectivity index (χ1) is 6.83. The Bertz CT molecular complexity index is 310. The average molecular weight is 214 g/mol. The number of furan rings is 1. The normalized spacial score (nSPS) is 21.5. The molecule has 1 aromatic rings. The fourth-order valence-electron chi connectivity index (χ4n) is 1.81. The first-order valence-electron chi connectivity index (χ1n) is 4.73. The Morgan fingerprint density at radius 3 is 3.21 bits per heavy atom. The molecule has 0 aliphatic carbocycles. The number of carbonyl (C=O) groups is 1. The molecule has 76 valence electrons. The zero-order valence-electron chi connectivity index (χ0n) is 7.78. The van der Waals surface area contributed by atoms with Gasteiger partial charge in [0.25, 0.3) is 5.91 Å². The second-order valence-electron chi connectivity index (χ2n) is 3.43. The van der Waals surface area contributed by atoms with Gasteiger partial charge in [0.1, 0.15) is 0 Å². The van der Waals surface area contributed by atoms with Gasteiger partial charge in [-0.1, -0.05) is 0 Å². The molecule has 0 aromatic carbocycles. The summed E-state index contributed by atoms with van der Waals surface area (Å²) in [6.45, 7) is 0.789. The zero-order chi connectivity index (χ0) is 9.97. The van der Waals surface area contributed by atoms with Crippen LogP contribution >= 0.6 is 11.6 Å². The van der Waals surface area contributed by atoms with Crippen molar-refractivity contribution in [1.82, 2.24) is 4.90 Å². The summed E-state index contributed by atoms with van der Waals surface area (Å²) in [7, 11) is 0. The van der Waals surface area contributed by atoms with Crippen molar-refractivity contribution in [3.63, 3.8) is 0 Å². The SMILES string of the molecule is O=C(c1ccco1)N1CCC[C@H]1CCl. The van der Waals surface area contributed by atoms with Gasteiger partial charge in [0.15, 0.2) is 5.76 Å². The van der Waals surface area contributed by atoms with E-state index in [4.69, 9.17) is 16.0 Å². The Labute approximate surface area is 87.6 Å². The van der Waals surface area contributed by atoms with Crippen LogP contribution < -0.4 is 0 Å². The van der Waals surface area contributed by atoms with Gasteiger partial charge < -0.3 is 9.32 Å². The lowest BCUT2D eigenvalue weighted by Gasteiger charge is -2.21. The molecule has 1 atom stereocenters. The van der Waals surface area contributed by atoms with Crippen LogP contribution in [0.1, 0.15) is 23.4 Å². The molecule has 0 radical (unpaired) electrons. The van der Waals surface area contributed by atoms with Gasteiger partial charge in [-0.3, -0.25) is 4.79 Å². The van der Waals surface area contributed by atoms with Crippen LogP contribution in [-0.2, 0) is 0 Å². The monoisotopic (exact) mass is 213 g/mol. The molecule has 4 heteroatoms. The van der Waals surface area contributed by atoms with Crippen molar-refractivity contribution >= 4 is 17.5 Å². The maximum absolute atomic E-state index is 11.9. The van der Waals surface area contributed by atoms with Crippen LogP contribution in [0, 0.1) is 0 Å². The van der Waals surface area contributed by atoms with E-state index in [1.807, 2.05) is 0 Å². The molecule has 1 aliphatic heterocycles. The minimum Gasteiger partial charge on any atom is -0.459 e. The second-order valence-corrected chi connectivity index (χ2v) is 3.73. The van der Waals surface area contributed by atoms with Gasteiger partial charge >= 0.3 is 0 Å². The van der Waals surface area contributed by atoms with Crippen molar-refractivity contribution in [3.05, 3.63) is 24.2 Å². The number of alkyl halides is 1. The van der Waals surface area contributed by atoms with Crippen molar-refractivity contribution < 1.29 is 9.21 Å². The molecule has 14 heavy (non-hydrogen) atoms. The lowest BCUT2D eigenvalue weighted by molar-refractivity contribution is 0.0717. The van der Waals surface area contributed by atoms with E-state index in [2.05, 4.69) is 0 Å². The van der Waals surface area contributed by atoms with E-state index in [0.717, 1.165) is 19.4 Å². The quantitative estimate of drug-likeness (QED) is 0.706. The largest absolute Gasteiger partial charge is 0.459 e. The van der Waals surface area contributed by atoms with E-state index >= 15 is 0 Å². The number of hydrogen-bond acceptors (Lipinski definition) is 2. The van der Waals surface area contributed by atoms with Gasteiger partial charge in [-0.15, -0.1) is 11.6 Å². The van der Waals surface area contributed by atoms with Crippen molar-refractivity contribution in [1.29, 1.82) is 0 Å². The van der Waals surface area contributed by atoms with Gasteiger partial charge in [0.2, 0.25) is 0 Å². The van der Waals surface area contributed by atoms with E-state index < -0.39 is 0 Å². The van der Waals surface area contributed by atoms with Crippen molar-refractivity contribution in [3.8, 4) is 0 Å². The number of rotatable bonds is 2. The lowest BCUT2D eigenvalue weighted by atomic mass is 10.2. The van der Waals surface area contributed by atoms with Crippen LogP contribution in [0.4, 0.5) is 0 Å². The number of amides is 1. The number of nitrogens with zero attached hydrogens (tertiary/aromatic N) is 1. The Morgan fingerprint density at radius 2 is 2.57 bits per heavy atom. The van der Waals surface area contributed by atoms with Crippen molar-refractivity contribution in [2.75, 3.05) is 12.4 Å². The summed E-state index contributed by atoms with van der Waals surface area (Å²) >= 11 is 5.78. The maximum Gasteiger partial charge on any atom is 0.289 e. The zero-order valence-corrected chi connectivity index (χ0v) is 8.54. The molecular formula is C10H12ClNO2. The summed E-state index contributed by atoms with van der Waals surface area (Å²) < 4.78 is 5.07. The highest BCUT2D eigenvalue weighted by Crippen LogP contribution is 2.20. The fourth-order valence-corrected chi connectivity index (χ4v) is 2.13. The second kappa shape index (κ2) is 4.05. The molecule has 1 saturated heterocycles. The molecule has 1 aliphatic rings. The molecule has 1 fully saturated rings. The first-order valence-corrected chi connectivity index (χ1v) is 5.27. The lowest BCUT2D eigenvalue weighted by Crippen LogP contribution is -2.36. The van der Waals surface area contributed by atoms with Gasteiger partial charge in [-0.05, 0) is 25.0 Å². The van der Waals surface area contributed by atoms with E-state index in [1.165, 1.54) is 6.26 Å². The van der Waals surface area contributed by atoms with Crippen molar-refractivity contribution in [2.24, 2.45) is 0 Å². The molecule has 2 rings (SSSR count). The molecule has 0 bridgehead atoms. The van der Waals surface area contributed by atoms with Crippen molar-refractivity contribution in [2.45, 2.75) is 18.9 Å². The Kier molecular flexibility index (Phi) is 2.77. The number of hydrogen-bond donors (Lipinski definition) is 0. The fraction of sp³-hybridized carbons (Fsp3) is 0.500. The molecule has 0 N–H and O–H groups in total. The van der Waals surface area contributed by atoms with Gasteiger partial charge in [0, 0.05) is 18.5 Å². The van der Waals surface area contributed by atoms with Gasteiger partial charge in [0.05, 0.1) is 6.26 Å². The van der Waals surface area contributed by atoms with E-state index in [-0.39, 0.29) is 11.9 Å². The molecular weight excluding hydrogens is 202 g/mol. The van der Waals surface area contributed by atoms with E-state index in [1.54, 1.807) is 17.0 Å². The van der Waals surface area contributed by atoms with Crippen LogP contribution in [-0.4, -0.2) is 29.3 Å². The molecule has 1 aromatic heterocycles. The predicted octanol–water partition coefficient (Wildman–Crippen LogP) is 2.12. The molecule has 2 heterocycles. The summed E-state index contributed by atoms with van der Waals surface area (Å²) in [6, 6.07) is 3.58. The van der Waals surface area contributed by atoms with Gasteiger partial charge in [-0.25, -0.2) is 0 Å². The Morgan fingerprint density at radius 1 is 1.71 bits per heavy atom. The van der Waals surface area contributed by atoms with E-state index in [9.17, 15) is 4.79 Å². The van der Waals surface area contributed by atoms with Gasteiger partial charge in [-0.2, -0.15) is 0 Å². The highest BCUT2D eigenvalue weighted by Gasteiger charge is 2.29. The highest BCUT2D eigenvalue weighted by atomic mass is 35.5. The highest BCUT2D eigenvalue weighted by molar-refractivity contribution is 6.18. The minimum absolute atomic E-state index is 0.0434. The number of carbonyl (C=O) groups excluding carboxylic acids is 1. The summed E-state index contributed by atoms with van der Waals surface area (Å²) in [5, 5.41) is 0. The predicted molar refractivity (Wildman–Crippen MR) is 53.5 cm³/mol. The Balaban J connectivity index is 2.11. The standard InChI is InChI=1S/C10H12ClNO2/c11-7-8-3-1-5-12(8)10(13)9-4-2-6-14-9/h2,4,6,8H,1,3,5,7H2/t8-/m0/s1. The molecule has 0 saturated carbocycles. The number of likely N-dealkylation sites (tertiary alicyclic amines) is 1. The minimum atomic E-state index is -0.0434. The first kappa shape index (κ1) is 9.59. The summed E-state index contributed by atoms with van der Waals surface area (Å²) in [5.41, 5.74) is 0. The molecule has 0 spiro atoms. The topological polar surface area (TPSA) is 33.5 Å². The molecule has 1 amide bonds. The van der Waals surface area contributed by atoms with Crippen LogP contribution in [0.15, 0.2) is 22.8 Å². The maximum atomic E-state index is 11.9. The molecule has 0 unspecified atom stereocenters. The Hall–Kier alpha value is -0.960. The van der Waals surface area contributed by atoms with Crippen LogP contribution in [0.5, 0.6) is 0 Å². The van der Waals surface area contributed by atoms with Crippen LogP contribution in [0.2, 0.25) is 0 Å². The average Bonchev–Trinajstić information content (AvgIpc) is 2.87. The third-order valence-corrected chi connectivity index (χ3v) is 2.90. The molecule has 3 nitrogen and oxygen atoms in total. The van der Waals surface area contributed by atoms with Crippen LogP contribution in [0.3, 0.4) is 0 Å². The summed E-state index contributed by atoms with van der Waals surface area (Å²) in [4.78, 5) is 13.6. The third-order valence-electron chi connectivity index (χ3n) is 2.55. The third kappa shape index (κ3) is 1.64. The smallest absolute Gasteiger partial charge is 0.289 e. The van der Waals surface area contributed by atoms with Crippen LogP contribution in [0.25, 0.3) is 0 Å². The number of halogens is 1. The summed E-state index contributed by atoms with van der Waals surface area (Å²) in [5.74, 6) is 0.868.